The van der Waals surface area contributed by atoms with Crippen LogP contribution in [-0.4, -0.2) is 58.8 Å². The number of benzene rings is 1. The van der Waals surface area contributed by atoms with Gasteiger partial charge < -0.3 is 4.90 Å². The summed E-state index contributed by atoms with van der Waals surface area (Å²) in [6.07, 6.45) is 1.96. The van der Waals surface area contributed by atoms with Crippen LogP contribution in [0, 0.1) is 0 Å². The van der Waals surface area contributed by atoms with Crippen molar-refractivity contribution in [2.75, 3.05) is 25.9 Å². The van der Waals surface area contributed by atoms with E-state index in [0.29, 0.717) is 25.9 Å². The second kappa shape index (κ2) is 7.89. The molecule has 1 amide bonds. The number of amides is 1. The van der Waals surface area contributed by atoms with Gasteiger partial charge in [-0.3, -0.25) is 4.79 Å². The van der Waals surface area contributed by atoms with Crippen LogP contribution in [0.25, 0.3) is 0 Å². The van der Waals surface area contributed by atoms with E-state index in [4.69, 9.17) is 0 Å². The predicted molar refractivity (Wildman–Crippen MR) is 105 cm³/mol. The van der Waals surface area contributed by atoms with E-state index in [1.54, 1.807) is 12.1 Å². The van der Waals surface area contributed by atoms with E-state index >= 15 is 0 Å². The number of hydrogen-bond donors (Lipinski definition) is 1. The lowest BCUT2D eigenvalue weighted by atomic mass is 9.87. The molecule has 152 valence electrons. The average molecular weight is 417 g/mol. The molecule has 1 aromatic rings. The zero-order valence-corrected chi connectivity index (χ0v) is 17.9. The maximum atomic E-state index is 12.4. The molecule has 1 N–H and O–H groups in total. The molecule has 7 nitrogen and oxygen atoms in total. The molecule has 1 saturated heterocycles. The van der Waals surface area contributed by atoms with Crippen molar-refractivity contribution in [1.29, 1.82) is 0 Å². The molecule has 0 saturated carbocycles. The van der Waals surface area contributed by atoms with Gasteiger partial charge in [-0.2, -0.15) is 0 Å². The van der Waals surface area contributed by atoms with E-state index < -0.39 is 25.1 Å². The summed E-state index contributed by atoms with van der Waals surface area (Å²) in [5.41, 5.74) is 0.940. The number of rotatable bonds is 5. The summed E-state index contributed by atoms with van der Waals surface area (Å²) >= 11 is 0. The molecule has 1 aliphatic rings. The van der Waals surface area contributed by atoms with Gasteiger partial charge in [-0.25, -0.2) is 21.6 Å². The standard InChI is InChI=1S/C18H28N2O5S2/c1-18(2,3)14-5-7-16(8-6-14)27(24,25)19-13-17(21)20-11-9-15(10-12-20)26(4,22)23/h5-8,15,19H,9-13H2,1-4H3. The van der Waals surface area contributed by atoms with Gasteiger partial charge in [0.15, 0.2) is 0 Å². The first kappa shape index (κ1) is 21.8. The molecule has 0 bridgehead atoms. The molecular formula is C18H28N2O5S2. The van der Waals surface area contributed by atoms with Crippen LogP contribution in [0.1, 0.15) is 39.2 Å². The number of sulfone groups is 1. The lowest BCUT2D eigenvalue weighted by molar-refractivity contribution is -0.130. The van der Waals surface area contributed by atoms with E-state index in [2.05, 4.69) is 4.72 Å². The number of hydrogen-bond acceptors (Lipinski definition) is 5. The molecule has 0 atom stereocenters. The minimum absolute atomic E-state index is 0.0796. The second-order valence-electron chi connectivity index (χ2n) is 8.01. The fourth-order valence-electron chi connectivity index (χ4n) is 3.02. The van der Waals surface area contributed by atoms with Crippen molar-refractivity contribution in [3.05, 3.63) is 29.8 Å². The third-order valence-corrected chi connectivity index (χ3v) is 7.94. The third-order valence-electron chi connectivity index (χ3n) is 4.84. The number of nitrogens with zero attached hydrogens (tertiary/aromatic N) is 1. The first-order valence-corrected chi connectivity index (χ1v) is 12.3. The average Bonchev–Trinajstić information content (AvgIpc) is 2.58. The molecule has 1 fully saturated rings. The Bertz CT molecular complexity index is 877. The highest BCUT2D eigenvalue weighted by atomic mass is 32.2. The fraction of sp³-hybridized carbons (Fsp3) is 0.611. The zero-order valence-electron chi connectivity index (χ0n) is 16.2. The normalized spacial score (nSPS) is 17.1. The Kier molecular flexibility index (Phi) is 6.38. The van der Waals surface area contributed by atoms with Crippen molar-refractivity contribution in [1.82, 2.24) is 9.62 Å². The Hall–Kier alpha value is -1.45. The Labute approximate surface area is 162 Å². The van der Waals surface area contributed by atoms with Gasteiger partial charge in [-0.05, 0) is 36.0 Å². The highest BCUT2D eigenvalue weighted by Gasteiger charge is 2.29. The van der Waals surface area contributed by atoms with Gasteiger partial charge in [0.25, 0.3) is 0 Å². The van der Waals surface area contributed by atoms with Crippen molar-refractivity contribution in [2.45, 2.75) is 49.2 Å². The van der Waals surface area contributed by atoms with Crippen LogP contribution < -0.4 is 4.72 Å². The maximum Gasteiger partial charge on any atom is 0.241 e. The smallest absolute Gasteiger partial charge is 0.241 e. The van der Waals surface area contributed by atoms with Gasteiger partial charge in [-0.1, -0.05) is 32.9 Å². The number of likely N-dealkylation sites (tertiary alicyclic amines) is 1. The minimum atomic E-state index is -3.78. The molecule has 0 radical (unpaired) electrons. The van der Waals surface area contributed by atoms with Crippen molar-refractivity contribution in [2.24, 2.45) is 0 Å². The molecule has 0 unspecified atom stereocenters. The third kappa shape index (κ3) is 5.76. The van der Waals surface area contributed by atoms with Gasteiger partial charge in [0.05, 0.1) is 16.7 Å². The van der Waals surface area contributed by atoms with Crippen molar-refractivity contribution < 1.29 is 21.6 Å². The summed E-state index contributed by atoms with van der Waals surface area (Å²) in [6, 6.07) is 6.61. The van der Waals surface area contributed by atoms with Crippen LogP contribution in [-0.2, 0) is 30.1 Å². The summed E-state index contributed by atoms with van der Waals surface area (Å²) < 4.78 is 50.3. The quantitative estimate of drug-likeness (QED) is 0.780. The van der Waals surface area contributed by atoms with E-state index in [0.717, 1.165) is 5.56 Å². The molecule has 1 heterocycles. The molecule has 2 rings (SSSR count). The molecule has 27 heavy (non-hydrogen) atoms. The number of sulfonamides is 1. The molecule has 0 aliphatic carbocycles. The Morgan fingerprint density at radius 3 is 2.04 bits per heavy atom. The number of carbonyl (C=O) groups is 1. The van der Waals surface area contributed by atoms with Crippen LogP contribution in [0.4, 0.5) is 0 Å². The summed E-state index contributed by atoms with van der Waals surface area (Å²) in [7, 11) is -6.89. The lowest BCUT2D eigenvalue weighted by Gasteiger charge is -2.31. The Morgan fingerprint density at radius 2 is 1.59 bits per heavy atom. The van der Waals surface area contributed by atoms with Gasteiger partial charge in [0.1, 0.15) is 9.84 Å². The summed E-state index contributed by atoms with van der Waals surface area (Å²) in [4.78, 5) is 13.9. The first-order valence-electron chi connectivity index (χ1n) is 8.87. The van der Waals surface area contributed by atoms with Crippen molar-refractivity contribution in [3.63, 3.8) is 0 Å². The Morgan fingerprint density at radius 1 is 1.07 bits per heavy atom. The minimum Gasteiger partial charge on any atom is -0.341 e. The number of piperidine rings is 1. The van der Waals surface area contributed by atoms with Crippen LogP contribution in [0.5, 0.6) is 0 Å². The van der Waals surface area contributed by atoms with Crippen LogP contribution >= 0.6 is 0 Å². The lowest BCUT2D eigenvalue weighted by Crippen LogP contribution is -2.46. The first-order chi connectivity index (χ1) is 12.3. The van der Waals surface area contributed by atoms with E-state index in [-0.39, 0.29) is 22.8 Å². The largest absolute Gasteiger partial charge is 0.341 e. The second-order valence-corrected chi connectivity index (χ2v) is 12.1. The SMILES string of the molecule is CC(C)(C)c1ccc(S(=O)(=O)NCC(=O)N2CCC(S(C)(=O)=O)CC2)cc1. The highest BCUT2D eigenvalue weighted by molar-refractivity contribution is 7.91. The monoisotopic (exact) mass is 416 g/mol. The molecule has 9 heteroatoms. The molecule has 1 aromatic carbocycles. The van der Waals surface area contributed by atoms with Crippen LogP contribution in [0.15, 0.2) is 29.2 Å². The van der Waals surface area contributed by atoms with Crippen LogP contribution in [0.2, 0.25) is 0 Å². The molecule has 0 aromatic heterocycles. The fourth-order valence-corrected chi connectivity index (χ4v) is 5.06. The zero-order chi connectivity index (χ0) is 20.5. The van der Waals surface area contributed by atoms with Gasteiger partial charge in [0, 0.05) is 19.3 Å². The van der Waals surface area contributed by atoms with E-state index in [1.807, 2.05) is 20.8 Å². The van der Waals surface area contributed by atoms with E-state index in [9.17, 15) is 21.6 Å². The Balaban J connectivity index is 1.94. The van der Waals surface area contributed by atoms with E-state index in [1.165, 1.54) is 23.3 Å². The van der Waals surface area contributed by atoms with Crippen LogP contribution in [0.3, 0.4) is 0 Å². The van der Waals surface area contributed by atoms with Gasteiger partial charge in [0.2, 0.25) is 15.9 Å². The number of carbonyl (C=O) groups excluding carboxylic acids is 1. The highest BCUT2D eigenvalue weighted by Crippen LogP contribution is 2.23. The van der Waals surface area contributed by atoms with Crippen molar-refractivity contribution in [3.8, 4) is 0 Å². The molecule has 1 aliphatic heterocycles. The van der Waals surface area contributed by atoms with Crippen molar-refractivity contribution >= 4 is 25.8 Å². The number of nitrogens with one attached hydrogen (secondary N) is 1. The summed E-state index contributed by atoms with van der Waals surface area (Å²) in [5, 5.41) is -0.431. The van der Waals surface area contributed by atoms with Gasteiger partial charge in [-0.15, -0.1) is 0 Å². The van der Waals surface area contributed by atoms with Gasteiger partial charge >= 0.3 is 0 Å². The molecule has 0 spiro atoms. The molecular weight excluding hydrogens is 388 g/mol. The summed E-state index contributed by atoms with van der Waals surface area (Å²) in [5.74, 6) is -0.350. The summed E-state index contributed by atoms with van der Waals surface area (Å²) in [6.45, 7) is 6.42. The predicted octanol–water partition coefficient (Wildman–Crippen LogP) is 1.30. The maximum absolute atomic E-state index is 12.4. The topological polar surface area (TPSA) is 101 Å².